The molecular weight excluding hydrogens is 384 g/mol. The fourth-order valence-corrected chi connectivity index (χ4v) is 2.54. The van der Waals surface area contributed by atoms with Crippen LogP contribution in [0.3, 0.4) is 0 Å². The average molecular weight is 400 g/mol. The molecular formula is C16H16BrClN2O3. The standard InChI is InChI=1S/C16H16BrClN2O3/c1-2-20(10-11-4-3-5-12(18)8-11)15(21)9-19-16(22)13-6-7-14(17)23-13/h3-8H,2,9-10H2,1H3,(H,19,22). The van der Waals surface area contributed by atoms with Gasteiger partial charge in [0.2, 0.25) is 5.91 Å². The molecule has 122 valence electrons. The molecule has 0 aliphatic heterocycles. The van der Waals surface area contributed by atoms with E-state index in [0.29, 0.717) is 22.8 Å². The molecule has 1 heterocycles. The molecule has 1 N–H and O–H groups in total. The fourth-order valence-electron chi connectivity index (χ4n) is 2.02. The number of hydrogen-bond donors (Lipinski definition) is 1. The van der Waals surface area contributed by atoms with Crippen molar-refractivity contribution in [3.63, 3.8) is 0 Å². The van der Waals surface area contributed by atoms with E-state index in [9.17, 15) is 9.59 Å². The third-order valence-electron chi connectivity index (χ3n) is 3.19. The highest BCUT2D eigenvalue weighted by molar-refractivity contribution is 9.10. The van der Waals surface area contributed by atoms with Crippen molar-refractivity contribution >= 4 is 39.3 Å². The van der Waals surface area contributed by atoms with Crippen LogP contribution in [-0.2, 0) is 11.3 Å². The lowest BCUT2D eigenvalue weighted by Gasteiger charge is -2.21. The Kier molecular flexibility index (Phi) is 6.24. The zero-order valence-electron chi connectivity index (χ0n) is 12.5. The number of nitrogens with zero attached hydrogens (tertiary/aromatic N) is 1. The highest BCUT2D eigenvalue weighted by Crippen LogP contribution is 2.14. The Bertz CT molecular complexity index is 702. The third-order valence-corrected chi connectivity index (χ3v) is 3.86. The van der Waals surface area contributed by atoms with Gasteiger partial charge in [-0.2, -0.15) is 0 Å². The minimum absolute atomic E-state index is 0.0917. The molecule has 0 atom stereocenters. The number of likely N-dealkylation sites (N-methyl/N-ethyl adjacent to an activating group) is 1. The van der Waals surface area contributed by atoms with Crippen molar-refractivity contribution < 1.29 is 14.0 Å². The van der Waals surface area contributed by atoms with Crippen LogP contribution >= 0.6 is 27.5 Å². The molecule has 2 aromatic rings. The number of furan rings is 1. The molecule has 0 bridgehead atoms. The summed E-state index contributed by atoms with van der Waals surface area (Å²) in [7, 11) is 0. The Morgan fingerprint density at radius 2 is 2.09 bits per heavy atom. The second kappa shape index (κ2) is 8.17. The van der Waals surface area contributed by atoms with Gasteiger partial charge in [-0.25, -0.2) is 0 Å². The molecule has 7 heteroatoms. The zero-order valence-corrected chi connectivity index (χ0v) is 14.9. The van der Waals surface area contributed by atoms with Gasteiger partial charge in [-0.05, 0) is 52.7 Å². The normalized spacial score (nSPS) is 10.4. The maximum absolute atomic E-state index is 12.2. The van der Waals surface area contributed by atoms with E-state index in [4.69, 9.17) is 16.0 Å². The van der Waals surface area contributed by atoms with Gasteiger partial charge in [-0.1, -0.05) is 23.7 Å². The van der Waals surface area contributed by atoms with E-state index in [0.717, 1.165) is 5.56 Å². The van der Waals surface area contributed by atoms with E-state index in [-0.39, 0.29) is 18.2 Å². The predicted octanol–water partition coefficient (Wildman–Crippen LogP) is 3.47. The summed E-state index contributed by atoms with van der Waals surface area (Å²) in [6.45, 7) is 2.77. The maximum Gasteiger partial charge on any atom is 0.287 e. The maximum atomic E-state index is 12.2. The second-order valence-corrected chi connectivity index (χ2v) is 6.04. The number of amides is 2. The van der Waals surface area contributed by atoms with Gasteiger partial charge in [0.1, 0.15) is 0 Å². The van der Waals surface area contributed by atoms with Crippen LogP contribution in [0.5, 0.6) is 0 Å². The lowest BCUT2D eigenvalue weighted by Crippen LogP contribution is -2.39. The van der Waals surface area contributed by atoms with E-state index in [1.807, 2.05) is 25.1 Å². The predicted molar refractivity (Wildman–Crippen MR) is 91.3 cm³/mol. The van der Waals surface area contributed by atoms with E-state index in [2.05, 4.69) is 21.2 Å². The Morgan fingerprint density at radius 3 is 2.70 bits per heavy atom. The van der Waals surface area contributed by atoms with Gasteiger partial charge in [-0.15, -0.1) is 0 Å². The summed E-state index contributed by atoms with van der Waals surface area (Å²) in [5.74, 6) is -0.447. The van der Waals surface area contributed by atoms with Gasteiger partial charge >= 0.3 is 0 Å². The van der Waals surface area contributed by atoms with E-state index in [1.165, 1.54) is 6.07 Å². The van der Waals surface area contributed by atoms with Crippen LogP contribution < -0.4 is 5.32 Å². The topological polar surface area (TPSA) is 62.6 Å². The number of halogens is 2. The summed E-state index contributed by atoms with van der Waals surface area (Å²) >= 11 is 9.07. The van der Waals surface area contributed by atoms with Crippen molar-refractivity contribution in [2.24, 2.45) is 0 Å². The van der Waals surface area contributed by atoms with E-state index >= 15 is 0 Å². The second-order valence-electron chi connectivity index (χ2n) is 4.82. The summed E-state index contributed by atoms with van der Waals surface area (Å²) in [6.07, 6.45) is 0. The van der Waals surface area contributed by atoms with Gasteiger partial charge in [0.15, 0.2) is 10.4 Å². The summed E-state index contributed by atoms with van der Waals surface area (Å²) in [4.78, 5) is 25.7. The van der Waals surface area contributed by atoms with Gasteiger partial charge in [-0.3, -0.25) is 9.59 Å². The van der Waals surface area contributed by atoms with Crippen molar-refractivity contribution in [1.82, 2.24) is 10.2 Å². The van der Waals surface area contributed by atoms with Crippen LogP contribution in [0.15, 0.2) is 45.5 Å². The first-order valence-corrected chi connectivity index (χ1v) is 8.22. The van der Waals surface area contributed by atoms with Crippen LogP contribution in [0.4, 0.5) is 0 Å². The third kappa shape index (κ3) is 5.11. The lowest BCUT2D eigenvalue weighted by atomic mass is 10.2. The Hall–Kier alpha value is -1.79. The minimum Gasteiger partial charge on any atom is -0.444 e. The smallest absolute Gasteiger partial charge is 0.287 e. The molecule has 0 spiro atoms. The molecule has 0 saturated heterocycles. The lowest BCUT2D eigenvalue weighted by molar-refractivity contribution is -0.130. The molecule has 0 aliphatic carbocycles. The number of nitrogens with one attached hydrogen (secondary N) is 1. The monoisotopic (exact) mass is 398 g/mol. The highest BCUT2D eigenvalue weighted by Gasteiger charge is 2.16. The summed E-state index contributed by atoms with van der Waals surface area (Å²) in [5.41, 5.74) is 0.939. The van der Waals surface area contributed by atoms with E-state index in [1.54, 1.807) is 17.0 Å². The molecule has 1 aromatic carbocycles. The van der Waals surface area contributed by atoms with Crippen LogP contribution in [-0.4, -0.2) is 29.8 Å². The molecule has 0 radical (unpaired) electrons. The molecule has 0 fully saturated rings. The van der Waals surface area contributed by atoms with Crippen LogP contribution in [0.1, 0.15) is 23.0 Å². The largest absolute Gasteiger partial charge is 0.444 e. The van der Waals surface area contributed by atoms with Crippen molar-refractivity contribution in [1.29, 1.82) is 0 Å². The molecule has 23 heavy (non-hydrogen) atoms. The quantitative estimate of drug-likeness (QED) is 0.809. The average Bonchev–Trinajstić information content (AvgIpc) is 2.96. The van der Waals surface area contributed by atoms with E-state index < -0.39 is 5.91 Å². The van der Waals surface area contributed by atoms with Crippen molar-refractivity contribution in [2.45, 2.75) is 13.5 Å². The highest BCUT2D eigenvalue weighted by atomic mass is 79.9. The number of benzene rings is 1. The molecule has 0 saturated carbocycles. The minimum atomic E-state index is -0.428. The zero-order chi connectivity index (χ0) is 16.8. The van der Waals surface area contributed by atoms with Gasteiger partial charge in [0.25, 0.3) is 5.91 Å². The fraction of sp³-hybridized carbons (Fsp3) is 0.250. The molecule has 0 aliphatic rings. The molecule has 2 amide bonds. The molecule has 1 aromatic heterocycles. The molecule has 5 nitrogen and oxygen atoms in total. The van der Waals surface area contributed by atoms with Crippen LogP contribution in [0, 0.1) is 0 Å². The van der Waals surface area contributed by atoms with Crippen molar-refractivity contribution in [3.8, 4) is 0 Å². The first-order chi connectivity index (χ1) is 11.0. The summed E-state index contributed by atoms with van der Waals surface area (Å²) in [6, 6.07) is 10.5. The van der Waals surface area contributed by atoms with Crippen LogP contribution in [0.2, 0.25) is 5.02 Å². The number of carbonyl (C=O) groups excluding carboxylic acids is 2. The van der Waals surface area contributed by atoms with Crippen molar-refractivity contribution in [2.75, 3.05) is 13.1 Å². The Labute approximate surface area is 147 Å². The molecule has 2 rings (SSSR count). The molecule has 0 unspecified atom stereocenters. The van der Waals surface area contributed by atoms with Crippen LogP contribution in [0.25, 0.3) is 0 Å². The van der Waals surface area contributed by atoms with Gasteiger partial charge in [0.05, 0.1) is 6.54 Å². The SMILES string of the molecule is CCN(Cc1cccc(Cl)c1)C(=O)CNC(=O)c1ccc(Br)o1. The van der Waals surface area contributed by atoms with Gasteiger partial charge < -0.3 is 14.6 Å². The summed E-state index contributed by atoms with van der Waals surface area (Å²) in [5, 5.41) is 3.18. The number of carbonyl (C=O) groups is 2. The van der Waals surface area contributed by atoms with Crippen molar-refractivity contribution in [3.05, 3.63) is 57.4 Å². The Balaban J connectivity index is 1.91. The Morgan fingerprint density at radius 1 is 1.30 bits per heavy atom. The summed E-state index contributed by atoms with van der Waals surface area (Å²) < 4.78 is 5.60. The van der Waals surface area contributed by atoms with Gasteiger partial charge in [0, 0.05) is 18.1 Å². The first-order valence-electron chi connectivity index (χ1n) is 7.05. The number of hydrogen-bond acceptors (Lipinski definition) is 3. The first kappa shape index (κ1) is 17.6. The number of rotatable bonds is 6.